The second kappa shape index (κ2) is 67.8. The molecule has 0 aromatic rings. The molecule has 0 heterocycles. The molecule has 78 heavy (non-hydrogen) atoms. The predicted molar refractivity (Wildman–Crippen MR) is 343 cm³/mol. The standard InChI is InChI=1S/C72H139NO5/c1-3-5-7-9-11-13-15-17-19-33-37-40-44-48-52-56-60-64-70(75)69(68-74)73-71(76)65-61-57-53-49-45-41-38-34-31-29-27-25-23-21-20-22-24-26-28-30-32-35-39-43-47-51-55-59-63-67-78-72(77)66-62-58-54-50-46-42-36-18-16-14-12-10-8-6-4-2/h18,20,22,36,69-70,74-75H,3-17,19,21,23-35,37-68H2,1-2H3,(H,73,76)/b22-20-,36-18-. The van der Waals surface area contributed by atoms with Crippen LogP contribution < -0.4 is 5.32 Å². The molecule has 462 valence electrons. The Kier molecular flexibility index (Phi) is 66.4. The number of hydrogen-bond acceptors (Lipinski definition) is 5. The van der Waals surface area contributed by atoms with Crippen molar-refractivity contribution in [3.63, 3.8) is 0 Å². The summed E-state index contributed by atoms with van der Waals surface area (Å²) in [5.74, 6) is -0.0214. The van der Waals surface area contributed by atoms with E-state index in [2.05, 4.69) is 43.5 Å². The van der Waals surface area contributed by atoms with Gasteiger partial charge in [0.15, 0.2) is 0 Å². The molecule has 1 amide bonds. The molecule has 0 saturated carbocycles. The van der Waals surface area contributed by atoms with Crippen LogP contribution in [0.2, 0.25) is 0 Å². The summed E-state index contributed by atoms with van der Waals surface area (Å²) in [6, 6.07) is -0.541. The van der Waals surface area contributed by atoms with Crippen molar-refractivity contribution in [2.24, 2.45) is 0 Å². The van der Waals surface area contributed by atoms with Crippen LogP contribution >= 0.6 is 0 Å². The Balaban J connectivity index is 3.37. The van der Waals surface area contributed by atoms with Gasteiger partial charge in [-0.25, -0.2) is 0 Å². The highest BCUT2D eigenvalue weighted by atomic mass is 16.5. The molecule has 0 rings (SSSR count). The first-order valence-corrected chi connectivity index (χ1v) is 35.6. The van der Waals surface area contributed by atoms with E-state index in [0.29, 0.717) is 25.9 Å². The zero-order valence-electron chi connectivity index (χ0n) is 52.9. The van der Waals surface area contributed by atoms with Crippen molar-refractivity contribution in [3.05, 3.63) is 24.3 Å². The summed E-state index contributed by atoms with van der Waals surface area (Å²) in [6.45, 7) is 4.98. The minimum atomic E-state index is -0.664. The van der Waals surface area contributed by atoms with E-state index in [4.69, 9.17) is 4.74 Å². The highest BCUT2D eigenvalue weighted by molar-refractivity contribution is 5.76. The number of carbonyl (C=O) groups excluding carboxylic acids is 2. The quantitative estimate of drug-likeness (QED) is 0.0320. The molecule has 2 atom stereocenters. The van der Waals surface area contributed by atoms with E-state index in [1.54, 1.807) is 0 Å². The van der Waals surface area contributed by atoms with Crippen LogP contribution in [0.5, 0.6) is 0 Å². The molecule has 0 aromatic heterocycles. The topological polar surface area (TPSA) is 95.9 Å². The van der Waals surface area contributed by atoms with Crippen LogP contribution in [0.1, 0.15) is 399 Å². The molecule has 3 N–H and O–H groups in total. The van der Waals surface area contributed by atoms with Gasteiger partial charge < -0.3 is 20.3 Å². The lowest BCUT2D eigenvalue weighted by Crippen LogP contribution is -2.45. The van der Waals surface area contributed by atoms with Gasteiger partial charge in [0.2, 0.25) is 5.91 Å². The van der Waals surface area contributed by atoms with Gasteiger partial charge in [0.05, 0.1) is 25.4 Å². The molecular formula is C72H139NO5. The Hall–Kier alpha value is -1.66. The lowest BCUT2D eigenvalue weighted by atomic mass is 10.0. The van der Waals surface area contributed by atoms with E-state index < -0.39 is 12.1 Å². The molecule has 6 nitrogen and oxygen atoms in total. The number of allylic oxidation sites excluding steroid dienone is 4. The molecule has 0 aliphatic heterocycles. The van der Waals surface area contributed by atoms with E-state index in [1.165, 1.54) is 321 Å². The normalized spacial score (nSPS) is 12.6. The zero-order valence-corrected chi connectivity index (χ0v) is 52.9. The van der Waals surface area contributed by atoms with Gasteiger partial charge in [0.25, 0.3) is 0 Å². The average Bonchev–Trinajstić information content (AvgIpc) is 3.44. The highest BCUT2D eigenvalue weighted by Gasteiger charge is 2.20. The fraction of sp³-hybridized carbons (Fsp3) is 0.917. The van der Waals surface area contributed by atoms with Gasteiger partial charge in [-0.15, -0.1) is 0 Å². The van der Waals surface area contributed by atoms with Crippen LogP contribution in [0.15, 0.2) is 24.3 Å². The van der Waals surface area contributed by atoms with Crippen LogP contribution in [0.25, 0.3) is 0 Å². The molecule has 0 radical (unpaired) electrons. The third-order valence-corrected chi connectivity index (χ3v) is 16.7. The number of unbranched alkanes of at least 4 members (excludes halogenated alkanes) is 52. The first-order chi connectivity index (χ1) is 38.5. The molecule has 6 heteroatoms. The number of aliphatic hydroxyl groups excluding tert-OH is 2. The van der Waals surface area contributed by atoms with Gasteiger partial charge in [-0.3, -0.25) is 9.59 Å². The van der Waals surface area contributed by atoms with E-state index in [0.717, 1.165) is 44.9 Å². The predicted octanol–water partition coefficient (Wildman–Crippen LogP) is 22.9. The first kappa shape index (κ1) is 76.3. The van der Waals surface area contributed by atoms with Crippen molar-refractivity contribution in [3.8, 4) is 0 Å². The fourth-order valence-corrected chi connectivity index (χ4v) is 11.3. The second-order valence-corrected chi connectivity index (χ2v) is 24.6. The molecule has 0 fully saturated rings. The summed E-state index contributed by atoms with van der Waals surface area (Å²) in [5, 5.41) is 23.4. The lowest BCUT2D eigenvalue weighted by molar-refractivity contribution is -0.143. The summed E-state index contributed by atoms with van der Waals surface area (Å²) in [4.78, 5) is 24.6. The van der Waals surface area contributed by atoms with Crippen molar-refractivity contribution >= 4 is 11.9 Å². The van der Waals surface area contributed by atoms with Gasteiger partial charge in [-0.2, -0.15) is 0 Å². The number of rotatable bonds is 67. The highest BCUT2D eigenvalue weighted by Crippen LogP contribution is 2.19. The molecular weight excluding hydrogens is 959 g/mol. The van der Waals surface area contributed by atoms with Crippen LogP contribution in [0.4, 0.5) is 0 Å². The van der Waals surface area contributed by atoms with Gasteiger partial charge in [-0.1, -0.05) is 334 Å². The van der Waals surface area contributed by atoms with Gasteiger partial charge in [-0.05, 0) is 77.0 Å². The number of carbonyl (C=O) groups is 2. The molecule has 0 aromatic carbocycles. The minimum Gasteiger partial charge on any atom is -0.466 e. The van der Waals surface area contributed by atoms with Crippen molar-refractivity contribution in [1.29, 1.82) is 0 Å². The number of hydrogen-bond donors (Lipinski definition) is 3. The summed E-state index contributed by atoms with van der Waals surface area (Å²) in [5.41, 5.74) is 0. The SMILES string of the molecule is CCCCCCCC/C=C\CCCCCCCC(=O)OCCCCCCCCCCCCCC/C=C\CCCCCCCCCCCCCCCC(=O)NC(CO)C(O)CCCCCCCCCCCCCCCCCCC. The van der Waals surface area contributed by atoms with Crippen LogP contribution in [0.3, 0.4) is 0 Å². The van der Waals surface area contributed by atoms with Crippen molar-refractivity contribution in [1.82, 2.24) is 5.32 Å². The Morgan fingerprint density at radius 3 is 0.910 bits per heavy atom. The number of amides is 1. The van der Waals surface area contributed by atoms with Crippen LogP contribution in [-0.2, 0) is 14.3 Å². The molecule has 0 saturated heterocycles. The smallest absolute Gasteiger partial charge is 0.305 e. The third kappa shape index (κ3) is 63.5. The van der Waals surface area contributed by atoms with Crippen molar-refractivity contribution in [2.45, 2.75) is 411 Å². The van der Waals surface area contributed by atoms with E-state index >= 15 is 0 Å². The van der Waals surface area contributed by atoms with E-state index in [-0.39, 0.29) is 18.5 Å². The Bertz CT molecular complexity index is 1220. The summed E-state index contributed by atoms with van der Waals surface area (Å²) in [6.07, 6.45) is 85.1. The summed E-state index contributed by atoms with van der Waals surface area (Å²) >= 11 is 0. The number of ether oxygens (including phenoxy) is 1. The average molecular weight is 1100 g/mol. The van der Waals surface area contributed by atoms with E-state index in [9.17, 15) is 19.8 Å². The third-order valence-electron chi connectivity index (χ3n) is 16.7. The first-order valence-electron chi connectivity index (χ1n) is 35.6. The summed E-state index contributed by atoms with van der Waals surface area (Å²) < 4.78 is 5.49. The van der Waals surface area contributed by atoms with Crippen molar-refractivity contribution < 1.29 is 24.5 Å². The lowest BCUT2D eigenvalue weighted by Gasteiger charge is -2.22. The molecule has 2 unspecified atom stereocenters. The van der Waals surface area contributed by atoms with Crippen molar-refractivity contribution in [2.75, 3.05) is 13.2 Å². The van der Waals surface area contributed by atoms with Gasteiger partial charge >= 0.3 is 5.97 Å². The number of aliphatic hydroxyl groups is 2. The molecule has 0 aliphatic rings. The maximum absolute atomic E-state index is 12.5. The zero-order chi connectivity index (χ0) is 56.4. The Morgan fingerprint density at radius 2 is 0.603 bits per heavy atom. The largest absolute Gasteiger partial charge is 0.466 e. The summed E-state index contributed by atoms with van der Waals surface area (Å²) in [7, 11) is 0. The molecule has 0 spiro atoms. The Morgan fingerprint density at radius 1 is 0.346 bits per heavy atom. The van der Waals surface area contributed by atoms with Gasteiger partial charge in [0, 0.05) is 12.8 Å². The number of esters is 1. The Labute approximate surface area is 488 Å². The second-order valence-electron chi connectivity index (χ2n) is 24.6. The monoisotopic (exact) mass is 1100 g/mol. The minimum absolute atomic E-state index is 0.00926. The maximum Gasteiger partial charge on any atom is 0.305 e. The van der Waals surface area contributed by atoms with Gasteiger partial charge in [0.1, 0.15) is 0 Å². The maximum atomic E-state index is 12.5. The fourth-order valence-electron chi connectivity index (χ4n) is 11.3. The molecule has 0 bridgehead atoms. The molecule has 0 aliphatic carbocycles. The van der Waals surface area contributed by atoms with Crippen LogP contribution in [0, 0.1) is 0 Å². The van der Waals surface area contributed by atoms with E-state index in [1.807, 2.05) is 0 Å². The van der Waals surface area contributed by atoms with Crippen LogP contribution in [-0.4, -0.2) is 47.4 Å². The number of nitrogens with one attached hydrogen (secondary N) is 1.